The van der Waals surface area contributed by atoms with Crippen molar-refractivity contribution in [2.24, 2.45) is 0 Å². The summed E-state index contributed by atoms with van der Waals surface area (Å²) in [7, 11) is 0. The van der Waals surface area contributed by atoms with Gasteiger partial charge in [0.1, 0.15) is 23.5 Å². The molecule has 0 saturated heterocycles. The molecule has 1 aromatic rings. The van der Waals surface area contributed by atoms with E-state index in [1.54, 1.807) is 12.1 Å². The molecule has 0 atom stereocenters. The molecule has 0 spiro atoms. The highest BCUT2D eigenvalue weighted by Crippen LogP contribution is 2.35. The van der Waals surface area contributed by atoms with Gasteiger partial charge in [0, 0.05) is 6.20 Å². The molecule has 8 heteroatoms. The van der Waals surface area contributed by atoms with E-state index in [1.165, 1.54) is 12.1 Å². The normalized spacial score (nSPS) is 10.0. The molecule has 1 N–H and O–H groups in total. The van der Waals surface area contributed by atoms with Gasteiger partial charge in [-0.3, -0.25) is 0 Å². The van der Waals surface area contributed by atoms with Gasteiger partial charge in [-0.05, 0) is 28.1 Å². The lowest BCUT2D eigenvalue weighted by molar-refractivity contribution is -0.274. The number of allylic oxidation sites excluding steroid dienone is 1. The van der Waals surface area contributed by atoms with Crippen molar-refractivity contribution in [2.75, 3.05) is 5.32 Å². The van der Waals surface area contributed by atoms with Gasteiger partial charge in [0.2, 0.25) is 0 Å². The van der Waals surface area contributed by atoms with Gasteiger partial charge in [-0.15, -0.1) is 13.2 Å². The second-order valence-electron chi connectivity index (χ2n) is 3.09. The summed E-state index contributed by atoms with van der Waals surface area (Å²) in [6.45, 7) is 0. The van der Waals surface area contributed by atoms with Crippen LogP contribution in [0.4, 0.5) is 18.9 Å². The lowest BCUT2D eigenvalue weighted by atomic mass is 10.3. The number of halogens is 4. The first-order valence-electron chi connectivity index (χ1n) is 4.68. The second-order valence-corrected chi connectivity index (χ2v) is 3.88. The van der Waals surface area contributed by atoms with Gasteiger partial charge in [-0.1, -0.05) is 6.07 Å². The van der Waals surface area contributed by atoms with E-state index in [4.69, 9.17) is 10.5 Å². The van der Waals surface area contributed by atoms with Crippen molar-refractivity contribution in [2.45, 2.75) is 6.36 Å². The molecule has 98 valence electrons. The maximum atomic E-state index is 12.1. The minimum absolute atomic E-state index is 0.0267. The first-order valence-corrected chi connectivity index (χ1v) is 5.48. The number of benzene rings is 1. The van der Waals surface area contributed by atoms with E-state index in [9.17, 15) is 13.2 Å². The van der Waals surface area contributed by atoms with Crippen molar-refractivity contribution >= 4 is 21.6 Å². The molecule has 1 aromatic carbocycles. The maximum absolute atomic E-state index is 12.1. The Balaban J connectivity index is 3.00. The molecule has 0 aromatic heterocycles. The monoisotopic (exact) mass is 331 g/mol. The van der Waals surface area contributed by atoms with Crippen LogP contribution < -0.4 is 10.1 Å². The highest BCUT2D eigenvalue weighted by Gasteiger charge is 2.32. The molecule has 4 nitrogen and oxygen atoms in total. The number of alkyl halides is 3. The van der Waals surface area contributed by atoms with Crippen LogP contribution in [0.2, 0.25) is 0 Å². The minimum Gasteiger partial charge on any atom is -0.405 e. The highest BCUT2D eigenvalue weighted by atomic mass is 79.9. The number of hydrogen-bond donors (Lipinski definition) is 1. The molecular weight excluding hydrogens is 327 g/mol. The first kappa shape index (κ1) is 14.9. The van der Waals surface area contributed by atoms with Crippen LogP contribution in [0.3, 0.4) is 0 Å². The van der Waals surface area contributed by atoms with Crippen molar-refractivity contribution in [1.29, 1.82) is 10.5 Å². The molecule has 0 aliphatic carbocycles. The van der Waals surface area contributed by atoms with E-state index in [2.05, 4.69) is 26.0 Å². The van der Waals surface area contributed by atoms with Gasteiger partial charge in [-0.25, -0.2) is 0 Å². The largest absolute Gasteiger partial charge is 0.573 e. The van der Waals surface area contributed by atoms with E-state index in [1.807, 2.05) is 0 Å². The van der Waals surface area contributed by atoms with Crippen LogP contribution in [0.15, 0.2) is 34.4 Å². The molecule has 0 heterocycles. The fourth-order valence-corrected chi connectivity index (χ4v) is 1.52. The number of nitrogens with one attached hydrogen (secondary N) is 1. The van der Waals surface area contributed by atoms with E-state index in [0.717, 1.165) is 12.3 Å². The van der Waals surface area contributed by atoms with Crippen molar-refractivity contribution in [3.63, 3.8) is 0 Å². The third kappa shape index (κ3) is 4.53. The van der Waals surface area contributed by atoms with Crippen LogP contribution in [-0.4, -0.2) is 6.36 Å². The SMILES string of the molecule is N#CC(C#N)=CNc1cccc(OC(F)(F)F)c1Br. The summed E-state index contributed by atoms with van der Waals surface area (Å²) in [5.41, 5.74) is 0.0128. The molecule has 19 heavy (non-hydrogen) atoms. The van der Waals surface area contributed by atoms with Crippen LogP contribution in [-0.2, 0) is 0 Å². The van der Waals surface area contributed by atoms with Crippen LogP contribution >= 0.6 is 15.9 Å². The van der Waals surface area contributed by atoms with Gasteiger partial charge in [0.05, 0.1) is 10.2 Å². The molecule has 0 unspecified atom stereocenters. The summed E-state index contributed by atoms with van der Waals surface area (Å²) in [5, 5.41) is 19.6. The minimum atomic E-state index is -4.80. The van der Waals surface area contributed by atoms with E-state index >= 15 is 0 Å². The zero-order chi connectivity index (χ0) is 14.5. The Kier molecular flexibility index (Phi) is 4.79. The molecule has 1 rings (SSSR count). The lowest BCUT2D eigenvalue weighted by Crippen LogP contribution is -2.17. The number of hydrogen-bond acceptors (Lipinski definition) is 4. The number of anilines is 1. The van der Waals surface area contributed by atoms with Crippen LogP contribution in [0.25, 0.3) is 0 Å². The summed E-state index contributed by atoms with van der Waals surface area (Å²) in [6, 6.07) is 7.13. The number of ether oxygens (including phenoxy) is 1. The molecule has 0 fully saturated rings. The predicted octanol–water partition coefficient (Wildman–Crippen LogP) is 3.69. The molecule has 0 amide bonds. The molecular formula is C11H5BrF3N3O. The smallest absolute Gasteiger partial charge is 0.405 e. The summed E-state index contributed by atoms with van der Waals surface area (Å²) in [6.07, 6.45) is -3.72. The predicted molar refractivity (Wildman–Crippen MR) is 63.8 cm³/mol. The third-order valence-electron chi connectivity index (χ3n) is 1.80. The summed E-state index contributed by atoms with van der Waals surface area (Å²) < 4.78 is 40.2. The standard InChI is InChI=1S/C11H5BrF3N3O/c12-10-8(18-6-7(4-16)5-17)2-1-3-9(10)19-11(13,14)15/h1-3,6,18H. The van der Waals surface area contributed by atoms with Gasteiger partial charge in [0.25, 0.3) is 0 Å². The topological polar surface area (TPSA) is 68.8 Å². The average molecular weight is 332 g/mol. The van der Waals surface area contributed by atoms with Crippen LogP contribution in [0.1, 0.15) is 0 Å². The first-order chi connectivity index (χ1) is 8.87. The van der Waals surface area contributed by atoms with Crippen molar-refractivity contribution in [3.8, 4) is 17.9 Å². The molecule has 0 aliphatic heterocycles. The van der Waals surface area contributed by atoms with Crippen molar-refractivity contribution in [1.82, 2.24) is 0 Å². The van der Waals surface area contributed by atoms with E-state index in [-0.39, 0.29) is 15.7 Å². The summed E-state index contributed by atoms with van der Waals surface area (Å²) in [5.74, 6) is -0.429. The van der Waals surface area contributed by atoms with Gasteiger partial charge >= 0.3 is 6.36 Å². The van der Waals surface area contributed by atoms with Gasteiger partial charge in [0.15, 0.2) is 0 Å². The molecule has 0 aliphatic rings. The van der Waals surface area contributed by atoms with E-state index < -0.39 is 12.1 Å². The fourth-order valence-electron chi connectivity index (χ4n) is 1.07. The summed E-state index contributed by atoms with van der Waals surface area (Å²) in [4.78, 5) is 0. The quantitative estimate of drug-likeness (QED) is 0.857. The van der Waals surface area contributed by atoms with E-state index in [0.29, 0.717) is 0 Å². The third-order valence-corrected chi connectivity index (χ3v) is 2.62. The fraction of sp³-hybridized carbons (Fsp3) is 0.0909. The lowest BCUT2D eigenvalue weighted by Gasteiger charge is -2.12. The van der Waals surface area contributed by atoms with Gasteiger partial charge < -0.3 is 10.1 Å². The van der Waals surface area contributed by atoms with Crippen molar-refractivity contribution < 1.29 is 17.9 Å². The Morgan fingerprint density at radius 2 is 1.95 bits per heavy atom. The van der Waals surface area contributed by atoms with Crippen LogP contribution in [0, 0.1) is 22.7 Å². The second kappa shape index (κ2) is 6.12. The Morgan fingerprint density at radius 3 is 2.47 bits per heavy atom. The number of nitriles is 2. The molecule has 0 radical (unpaired) electrons. The Hall–Kier alpha value is -2.19. The zero-order valence-corrected chi connectivity index (χ0v) is 10.7. The highest BCUT2D eigenvalue weighted by molar-refractivity contribution is 9.10. The average Bonchev–Trinajstić information content (AvgIpc) is 2.33. The zero-order valence-electron chi connectivity index (χ0n) is 9.12. The molecule has 0 saturated carbocycles. The van der Waals surface area contributed by atoms with Crippen LogP contribution in [0.5, 0.6) is 5.75 Å². The number of rotatable bonds is 3. The summed E-state index contributed by atoms with van der Waals surface area (Å²) >= 11 is 2.95. The van der Waals surface area contributed by atoms with Crippen molar-refractivity contribution in [3.05, 3.63) is 34.4 Å². The Morgan fingerprint density at radius 1 is 1.32 bits per heavy atom. The Bertz CT molecular complexity index is 568. The number of nitrogens with zero attached hydrogens (tertiary/aromatic N) is 2. The Labute approximate surface area is 114 Å². The maximum Gasteiger partial charge on any atom is 0.573 e. The molecule has 0 bridgehead atoms. The van der Waals surface area contributed by atoms with Gasteiger partial charge in [-0.2, -0.15) is 10.5 Å².